The molecule has 7 nitrogen and oxygen atoms in total. The van der Waals surface area contributed by atoms with Crippen LogP contribution < -0.4 is 0 Å². The fourth-order valence-electron chi connectivity index (χ4n) is 2.46. The van der Waals surface area contributed by atoms with E-state index < -0.39 is 35.5 Å². The summed E-state index contributed by atoms with van der Waals surface area (Å²) in [6, 6.07) is 0. The lowest BCUT2D eigenvalue weighted by Gasteiger charge is -2.36. The zero-order chi connectivity index (χ0) is 17.6. The van der Waals surface area contributed by atoms with Gasteiger partial charge in [0.1, 0.15) is 5.60 Å². The summed E-state index contributed by atoms with van der Waals surface area (Å²) in [6.07, 6.45) is -0.143. The standard InChI is InChI=1S/C16H27NO6/c1-6-21-13(18)11-8-9-17(15(20)23-16(3,4)5)10-12(11)14(19)22-7-2/h11-12H,6-10H2,1-5H3/t11-,12-/m0/s1. The molecular formula is C16H27NO6. The van der Waals surface area contributed by atoms with Crippen molar-refractivity contribution in [1.82, 2.24) is 4.90 Å². The highest BCUT2D eigenvalue weighted by Crippen LogP contribution is 2.27. The molecule has 1 saturated heterocycles. The van der Waals surface area contributed by atoms with E-state index >= 15 is 0 Å². The zero-order valence-corrected chi connectivity index (χ0v) is 14.6. The fourth-order valence-corrected chi connectivity index (χ4v) is 2.46. The monoisotopic (exact) mass is 329 g/mol. The average Bonchev–Trinajstić information content (AvgIpc) is 2.45. The van der Waals surface area contributed by atoms with Crippen molar-refractivity contribution in [3.05, 3.63) is 0 Å². The van der Waals surface area contributed by atoms with Crippen LogP contribution in [0.3, 0.4) is 0 Å². The summed E-state index contributed by atoms with van der Waals surface area (Å²) < 4.78 is 15.4. The maximum atomic E-state index is 12.2. The molecule has 0 radical (unpaired) electrons. The normalized spacial score (nSPS) is 21.5. The molecule has 132 valence electrons. The molecule has 1 amide bonds. The lowest BCUT2D eigenvalue weighted by molar-refractivity contribution is -0.163. The predicted octanol–water partition coefficient (Wildman–Crippen LogP) is 1.99. The van der Waals surface area contributed by atoms with Gasteiger partial charge in [-0.3, -0.25) is 9.59 Å². The number of likely N-dealkylation sites (tertiary alicyclic amines) is 1. The first-order valence-corrected chi connectivity index (χ1v) is 8.00. The van der Waals surface area contributed by atoms with Crippen molar-refractivity contribution in [2.24, 2.45) is 11.8 Å². The van der Waals surface area contributed by atoms with Crippen molar-refractivity contribution in [1.29, 1.82) is 0 Å². The van der Waals surface area contributed by atoms with Crippen LogP contribution >= 0.6 is 0 Å². The third-order valence-electron chi connectivity index (χ3n) is 3.44. The highest BCUT2D eigenvalue weighted by atomic mass is 16.6. The van der Waals surface area contributed by atoms with E-state index in [0.717, 1.165) is 0 Å². The van der Waals surface area contributed by atoms with Gasteiger partial charge >= 0.3 is 18.0 Å². The predicted molar refractivity (Wildman–Crippen MR) is 82.7 cm³/mol. The Morgan fingerprint density at radius 1 is 1.00 bits per heavy atom. The van der Waals surface area contributed by atoms with Crippen LogP contribution in [0.25, 0.3) is 0 Å². The van der Waals surface area contributed by atoms with Gasteiger partial charge in [0, 0.05) is 13.1 Å². The Kier molecular flexibility index (Phi) is 6.84. The number of hydrogen-bond acceptors (Lipinski definition) is 6. The Hall–Kier alpha value is -1.79. The second-order valence-corrected chi connectivity index (χ2v) is 6.43. The highest BCUT2D eigenvalue weighted by Gasteiger charge is 2.42. The molecule has 23 heavy (non-hydrogen) atoms. The molecule has 7 heteroatoms. The molecule has 0 aromatic carbocycles. The first kappa shape index (κ1) is 19.3. The molecule has 1 rings (SSSR count). The Morgan fingerprint density at radius 2 is 1.52 bits per heavy atom. The van der Waals surface area contributed by atoms with Gasteiger partial charge in [-0.15, -0.1) is 0 Å². The minimum absolute atomic E-state index is 0.0945. The molecule has 0 bridgehead atoms. The molecule has 0 aromatic rings. The van der Waals surface area contributed by atoms with Gasteiger partial charge in [0.05, 0.1) is 25.0 Å². The van der Waals surface area contributed by atoms with E-state index in [1.807, 2.05) is 0 Å². The Morgan fingerprint density at radius 3 is 2.00 bits per heavy atom. The van der Waals surface area contributed by atoms with Crippen LogP contribution in [-0.2, 0) is 23.8 Å². The van der Waals surface area contributed by atoms with E-state index in [-0.39, 0.29) is 19.8 Å². The second-order valence-electron chi connectivity index (χ2n) is 6.43. The minimum atomic E-state index is -0.727. The van der Waals surface area contributed by atoms with Gasteiger partial charge < -0.3 is 19.1 Å². The quantitative estimate of drug-likeness (QED) is 0.579. The number of ether oxygens (including phenoxy) is 3. The number of carbonyl (C=O) groups excluding carboxylic acids is 3. The number of carbonyl (C=O) groups is 3. The van der Waals surface area contributed by atoms with Gasteiger partial charge in [-0.2, -0.15) is 0 Å². The molecule has 0 saturated carbocycles. The van der Waals surface area contributed by atoms with E-state index in [0.29, 0.717) is 13.0 Å². The number of hydrogen-bond donors (Lipinski definition) is 0. The molecule has 0 spiro atoms. The van der Waals surface area contributed by atoms with Crippen molar-refractivity contribution >= 4 is 18.0 Å². The summed E-state index contributed by atoms with van der Waals surface area (Å²) in [6.45, 7) is 9.65. The summed E-state index contributed by atoms with van der Waals surface area (Å²) in [4.78, 5) is 37.8. The van der Waals surface area contributed by atoms with Crippen LogP contribution in [0.1, 0.15) is 41.0 Å². The van der Waals surface area contributed by atoms with Crippen molar-refractivity contribution in [2.45, 2.75) is 46.6 Å². The Balaban J connectivity index is 2.84. The van der Waals surface area contributed by atoms with Gasteiger partial charge in [-0.1, -0.05) is 0 Å². The van der Waals surface area contributed by atoms with E-state index in [1.165, 1.54) is 4.90 Å². The first-order chi connectivity index (χ1) is 10.7. The third kappa shape index (κ3) is 5.73. The van der Waals surface area contributed by atoms with Crippen LogP contribution in [0.2, 0.25) is 0 Å². The summed E-state index contributed by atoms with van der Waals surface area (Å²) in [5.41, 5.74) is -0.617. The minimum Gasteiger partial charge on any atom is -0.466 e. The summed E-state index contributed by atoms with van der Waals surface area (Å²) in [5, 5.41) is 0. The molecule has 0 aromatic heterocycles. The van der Waals surface area contributed by atoms with E-state index in [9.17, 15) is 14.4 Å². The molecule has 0 aliphatic carbocycles. The van der Waals surface area contributed by atoms with Crippen LogP contribution in [0.15, 0.2) is 0 Å². The third-order valence-corrected chi connectivity index (χ3v) is 3.44. The Bertz CT molecular complexity index is 442. The van der Waals surface area contributed by atoms with Crippen molar-refractivity contribution in [2.75, 3.05) is 26.3 Å². The highest BCUT2D eigenvalue weighted by molar-refractivity contribution is 5.83. The first-order valence-electron chi connectivity index (χ1n) is 8.00. The number of piperidine rings is 1. The maximum absolute atomic E-state index is 12.2. The largest absolute Gasteiger partial charge is 0.466 e. The van der Waals surface area contributed by atoms with Gasteiger partial charge in [0.15, 0.2) is 0 Å². The number of esters is 2. The van der Waals surface area contributed by atoms with Crippen molar-refractivity contribution < 1.29 is 28.6 Å². The van der Waals surface area contributed by atoms with Crippen LogP contribution in [0.4, 0.5) is 4.79 Å². The number of rotatable bonds is 4. The second kappa shape index (κ2) is 8.17. The molecule has 1 heterocycles. The lowest BCUT2D eigenvalue weighted by atomic mass is 9.85. The van der Waals surface area contributed by atoms with Crippen molar-refractivity contribution in [3.8, 4) is 0 Å². The van der Waals surface area contributed by atoms with Gasteiger partial charge in [-0.05, 0) is 41.0 Å². The topological polar surface area (TPSA) is 82.1 Å². The SMILES string of the molecule is CCOC(=O)[C@H]1CCN(C(=O)OC(C)(C)C)C[C@@H]1C(=O)OCC. The molecular weight excluding hydrogens is 302 g/mol. The molecule has 1 fully saturated rings. The zero-order valence-electron chi connectivity index (χ0n) is 14.6. The average molecular weight is 329 g/mol. The molecule has 0 unspecified atom stereocenters. The van der Waals surface area contributed by atoms with Gasteiger partial charge in [0.2, 0.25) is 0 Å². The molecule has 1 aliphatic heterocycles. The van der Waals surface area contributed by atoms with E-state index in [4.69, 9.17) is 14.2 Å². The van der Waals surface area contributed by atoms with Crippen LogP contribution in [0, 0.1) is 11.8 Å². The molecule has 1 aliphatic rings. The smallest absolute Gasteiger partial charge is 0.410 e. The molecule has 0 N–H and O–H groups in total. The summed E-state index contributed by atoms with van der Waals surface area (Å²) in [5.74, 6) is -2.23. The summed E-state index contributed by atoms with van der Waals surface area (Å²) in [7, 11) is 0. The number of amides is 1. The lowest BCUT2D eigenvalue weighted by Crippen LogP contribution is -2.50. The summed E-state index contributed by atoms with van der Waals surface area (Å²) >= 11 is 0. The van der Waals surface area contributed by atoms with Crippen molar-refractivity contribution in [3.63, 3.8) is 0 Å². The van der Waals surface area contributed by atoms with Gasteiger partial charge in [-0.25, -0.2) is 4.79 Å². The number of nitrogens with zero attached hydrogens (tertiary/aromatic N) is 1. The van der Waals surface area contributed by atoms with E-state index in [2.05, 4.69) is 0 Å². The van der Waals surface area contributed by atoms with E-state index in [1.54, 1.807) is 34.6 Å². The van der Waals surface area contributed by atoms with Gasteiger partial charge in [0.25, 0.3) is 0 Å². The van der Waals surface area contributed by atoms with Crippen LogP contribution in [-0.4, -0.2) is 54.8 Å². The maximum Gasteiger partial charge on any atom is 0.410 e. The Labute approximate surface area is 137 Å². The molecule has 2 atom stereocenters. The fraction of sp³-hybridized carbons (Fsp3) is 0.812. The van der Waals surface area contributed by atoms with Crippen LogP contribution in [0.5, 0.6) is 0 Å².